The summed E-state index contributed by atoms with van der Waals surface area (Å²) in [6.07, 6.45) is 1.81. The average molecular weight is 203 g/mol. The molecule has 15 heavy (non-hydrogen) atoms. The van der Waals surface area contributed by atoms with Crippen molar-refractivity contribution in [1.82, 2.24) is 10.2 Å². The molecule has 77 valence electrons. The van der Waals surface area contributed by atoms with Crippen LogP contribution in [-0.4, -0.2) is 17.3 Å². The smallest absolute Gasteiger partial charge is 0.225 e. The second kappa shape index (κ2) is 4.13. The summed E-state index contributed by atoms with van der Waals surface area (Å²) in [7, 11) is 1.63. The van der Waals surface area contributed by atoms with Crippen molar-refractivity contribution in [1.29, 1.82) is 0 Å². The third-order valence-corrected chi connectivity index (χ3v) is 1.93. The van der Waals surface area contributed by atoms with Crippen LogP contribution in [0.1, 0.15) is 17.3 Å². The summed E-state index contributed by atoms with van der Waals surface area (Å²) < 4.78 is 10.4. The van der Waals surface area contributed by atoms with Gasteiger partial charge in [0.2, 0.25) is 11.8 Å². The minimum Gasteiger partial charge on any atom is -0.497 e. The van der Waals surface area contributed by atoms with E-state index >= 15 is 0 Å². The van der Waals surface area contributed by atoms with Crippen molar-refractivity contribution in [3.05, 3.63) is 48.0 Å². The van der Waals surface area contributed by atoms with Gasteiger partial charge in [-0.25, -0.2) is 0 Å². The van der Waals surface area contributed by atoms with E-state index in [1.54, 1.807) is 14.0 Å². The molecular formula is C11H11N2O2. The average Bonchev–Trinajstić information content (AvgIpc) is 2.64. The van der Waals surface area contributed by atoms with Crippen LogP contribution in [-0.2, 0) is 0 Å². The van der Waals surface area contributed by atoms with Crippen LogP contribution >= 0.6 is 0 Å². The van der Waals surface area contributed by atoms with E-state index in [4.69, 9.17) is 9.15 Å². The monoisotopic (exact) mass is 203 g/mol. The van der Waals surface area contributed by atoms with Crippen LogP contribution in [0.2, 0.25) is 0 Å². The van der Waals surface area contributed by atoms with E-state index in [0.717, 1.165) is 11.3 Å². The van der Waals surface area contributed by atoms with Gasteiger partial charge in [0.25, 0.3) is 0 Å². The van der Waals surface area contributed by atoms with E-state index < -0.39 is 0 Å². The van der Waals surface area contributed by atoms with Crippen molar-refractivity contribution in [2.24, 2.45) is 0 Å². The van der Waals surface area contributed by atoms with Crippen molar-refractivity contribution in [2.45, 2.75) is 6.92 Å². The maximum atomic E-state index is 5.24. The van der Waals surface area contributed by atoms with Gasteiger partial charge in [-0.05, 0) is 17.7 Å². The third kappa shape index (κ3) is 2.34. The number of nitrogens with zero attached hydrogens (tertiary/aromatic N) is 2. The highest BCUT2D eigenvalue weighted by atomic mass is 16.5. The van der Waals surface area contributed by atoms with Crippen molar-refractivity contribution in [3.8, 4) is 5.75 Å². The first-order valence-corrected chi connectivity index (χ1v) is 4.57. The molecule has 0 aliphatic rings. The molecule has 2 aromatic rings. The Morgan fingerprint density at radius 1 is 1.33 bits per heavy atom. The molecule has 0 aliphatic heterocycles. The molecule has 1 heterocycles. The molecule has 0 unspecified atom stereocenters. The molecule has 1 aromatic heterocycles. The second-order valence-electron chi connectivity index (χ2n) is 3.08. The molecule has 0 N–H and O–H groups in total. The maximum Gasteiger partial charge on any atom is 0.225 e. The topological polar surface area (TPSA) is 48.2 Å². The Morgan fingerprint density at radius 2 is 2.20 bits per heavy atom. The first kappa shape index (κ1) is 9.71. The standard InChI is InChI=1S/C11H11N2O2/c1-8-12-13-11(15-8)7-9-4-3-5-10(6-9)14-2/h3-7H,1-2H3. The lowest BCUT2D eigenvalue weighted by molar-refractivity contribution is 0.414. The SMILES string of the molecule is COc1cccc([CH]c2nnc(C)o2)c1. The molecule has 2 rings (SSSR count). The van der Waals surface area contributed by atoms with E-state index in [0.29, 0.717) is 11.8 Å². The summed E-state index contributed by atoms with van der Waals surface area (Å²) in [5.41, 5.74) is 0.970. The summed E-state index contributed by atoms with van der Waals surface area (Å²) in [4.78, 5) is 0. The van der Waals surface area contributed by atoms with Crippen molar-refractivity contribution >= 4 is 0 Å². The molecule has 0 amide bonds. The lowest BCUT2D eigenvalue weighted by atomic mass is 10.1. The molecule has 4 nitrogen and oxygen atoms in total. The molecule has 1 radical (unpaired) electrons. The molecule has 0 saturated heterocycles. The van der Waals surface area contributed by atoms with Gasteiger partial charge >= 0.3 is 0 Å². The van der Waals surface area contributed by atoms with Gasteiger partial charge in [-0.2, -0.15) is 0 Å². The number of aromatic nitrogens is 2. The number of ether oxygens (including phenoxy) is 1. The number of aryl methyl sites for hydroxylation is 1. The van der Waals surface area contributed by atoms with E-state index in [9.17, 15) is 0 Å². The van der Waals surface area contributed by atoms with Crippen LogP contribution in [0, 0.1) is 13.3 Å². The third-order valence-electron chi connectivity index (χ3n) is 1.93. The Hall–Kier alpha value is -1.84. The highest BCUT2D eigenvalue weighted by Crippen LogP contribution is 2.16. The van der Waals surface area contributed by atoms with Crippen LogP contribution in [0.5, 0.6) is 5.75 Å². The quantitative estimate of drug-likeness (QED) is 0.765. The lowest BCUT2D eigenvalue weighted by Gasteiger charge is -2.01. The molecule has 0 aliphatic carbocycles. The zero-order valence-corrected chi connectivity index (χ0v) is 8.60. The predicted octanol–water partition coefficient (Wildman–Crippen LogP) is 1.99. The summed E-state index contributed by atoms with van der Waals surface area (Å²) in [5.74, 6) is 1.87. The van der Waals surface area contributed by atoms with Gasteiger partial charge in [0, 0.05) is 6.92 Å². The van der Waals surface area contributed by atoms with Crippen molar-refractivity contribution < 1.29 is 9.15 Å². The first-order chi connectivity index (χ1) is 7.28. The molecule has 1 aromatic carbocycles. The van der Waals surface area contributed by atoms with Crippen LogP contribution < -0.4 is 4.74 Å². The Kier molecular flexibility index (Phi) is 2.67. The summed E-state index contributed by atoms with van der Waals surface area (Å²) >= 11 is 0. The Morgan fingerprint density at radius 3 is 2.87 bits per heavy atom. The minimum atomic E-state index is 0.501. The number of hydrogen-bond donors (Lipinski definition) is 0. The fraction of sp³-hybridized carbons (Fsp3) is 0.182. The highest BCUT2D eigenvalue weighted by molar-refractivity contribution is 5.35. The fourth-order valence-corrected chi connectivity index (χ4v) is 1.24. The molecule has 0 bridgehead atoms. The largest absolute Gasteiger partial charge is 0.497 e. The zero-order valence-electron chi connectivity index (χ0n) is 8.60. The van der Waals surface area contributed by atoms with Crippen LogP contribution in [0.4, 0.5) is 0 Å². The van der Waals surface area contributed by atoms with Crippen molar-refractivity contribution in [2.75, 3.05) is 7.11 Å². The fourth-order valence-electron chi connectivity index (χ4n) is 1.24. The molecule has 0 fully saturated rings. The molecule has 0 saturated carbocycles. The summed E-state index contributed by atoms with van der Waals surface area (Å²) in [6, 6.07) is 7.64. The molecular weight excluding hydrogens is 192 g/mol. The molecule has 0 atom stereocenters. The normalized spacial score (nSPS) is 10.3. The van der Waals surface area contributed by atoms with Gasteiger partial charge in [-0.1, -0.05) is 12.1 Å². The van der Waals surface area contributed by atoms with Gasteiger partial charge in [0.1, 0.15) is 5.75 Å². The van der Waals surface area contributed by atoms with Gasteiger partial charge in [-0.15, -0.1) is 10.2 Å². The molecule has 0 spiro atoms. The van der Waals surface area contributed by atoms with Crippen LogP contribution in [0.15, 0.2) is 28.7 Å². The second-order valence-corrected chi connectivity index (χ2v) is 3.08. The maximum absolute atomic E-state index is 5.24. The lowest BCUT2D eigenvalue weighted by Crippen LogP contribution is -1.87. The first-order valence-electron chi connectivity index (χ1n) is 4.57. The molecule has 4 heteroatoms. The van der Waals surface area contributed by atoms with Gasteiger partial charge in [0.15, 0.2) is 0 Å². The van der Waals surface area contributed by atoms with Gasteiger partial charge in [0.05, 0.1) is 13.5 Å². The van der Waals surface area contributed by atoms with E-state index in [2.05, 4.69) is 10.2 Å². The Labute approximate surface area is 87.9 Å². The Bertz CT molecular complexity index is 451. The summed E-state index contributed by atoms with van der Waals surface area (Å²) in [6.45, 7) is 1.76. The zero-order chi connectivity index (χ0) is 10.7. The van der Waals surface area contributed by atoms with E-state index in [1.807, 2.05) is 30.7 Å². The Balaban J connectivity index is 2.16. The number of methoxy groups -OCH3 is 1. The predicted molar refractivity (Wildman–Crippen MR) is 54.5 cm³/mol. The van der Waals surface area contributed by atoms with Crippen LogP contribution in [0.3, 0.4) is 0 Å². The van der Waals surface area contributed by atoms with E-state index in [-0.39, 0.29) is 0 Å². The van der Waals surface area contributed by atoms with E-state index in [1.165, 1.54) is 0 Å². The minimum absolute atomic E-state index is 0.501. The number of rotatable bonds is 3. The summed E-state index contributed by atoms with van der Waals surface area (Å²) in [5, 5.41) is 7.63. The number of benzene rings is 1. The van der Waals surface area contributed by atoms with Crippen LogP contribution in [0.25, 0.3) is 0 Å². The number of hydrogen-bond acceptors (Lipinski definition) is 4. The van der Waals surface area contributed by atoms with Crippen molar-refractivity contribution in [3.63, 3.8) is 0 Å². The van der Waals surface area contributed by atoms with Gasteiger partial charge in [-0.3, -0.25) is 0 Å². The van der Waals surface area contributed by atoms with Gasteiger partial charge < -0.3 is 9.15 Å². The highest BCUT2D eigenvalue weighted by Gasteiger charge is 2.04.